The fraction of sp³-hybridized carbons (Fsp3) is 0.594. The number of carbonyl (C=O) groups excluding carboxylic acids is 4. The normalized spacial score (nSPS) is 17.8. The van der Waals surface area contributed by atoms with Crippen LogP contribution in [0, 0.1) is 11.7 Å². The summed E-state index contributed by atoms with van der Waals surface area (Å²) in [6, 6.07) is 4.37. The molecule has 0 bridgehead atoms. The third-order valence-corrected chi connectivity index (χ3v) is 8.69. The summed E-state index contributed by atoms with van der Waals surface area (Å²) in [6.45, 7) is 6.72. The Kier molecular flexibility index (Phi) is 11.9. The third kappa shape index (κ3) is 8.64. The van der Waals surface area contributed by atoms with Crippen LogP contribution in [0.2, 0.25) is 0 Å². The molecular formula is C32H46FN7O4. The predicted molar refractivity (Wildman–Crippen MR) is 165 cm³/mol. The van der Waals surface area contributed by atoms with Gasteiger partial charge in [0, 0.05) is 51.8 Å². The molecule has 0 radical (unpaired) electrons. The molecule has 12 heteroatoms. The van der Waals surface area contributed by atoms with Crippen LogP contribution in [-0.4, -0.2) is 88.5 Å². The lowest BCUT2D eigenvalue weighted by Gasteiger charge is -2.34. The SMILES string of the molecule is CCC(=O)N[C@H](Cc1ccc(NC(=O)[C@@H](NC(=O)c2ccnn2CC)C2CCCCCC2)c(F)c1)C(=O)N1CCN(C)CC1. The Labute approximate surface area is 258 Å². The number of likely N-dealkylation sites (N-methyl/N-ethyl adjacent to an activating group) is 1. The molecule has 1 saturated heterocycles. The van der Waals surface area contributed by atoms with Gasteiger partial charge in [-0.05, 0) is 56.5 Å². The molecule has 4 amide bonds. The Bertz CT molecular complexity index is 1300. The van der Waals surface area contributed by atoms with Gasteiger partial charge in [-0.25, -0.2) is 4.39 Å². The van der Waals surface area contributed by atoms with Crippen molar-refractivity contribution in [2.45, 2.75) is 83.8 Å². The molecule has 1 aliphatic heterocycles. The summed E-state index contributed by atoms with van der Waals surface area (Å²) in [5.41, 5.74) is 0.876. The summed E-state index contributed by atoms with van der Waals surface area (Å²) in [7, 11) is 2.00. The largest absolute Gasteiger partial charge is 0.344 e. The monoisotopic (exact) mass is 611 g/mol. The zero-order valence-electron chi connectivity index (χ0n) is 26.1. The van der Waals surface area contributed by atoms with Crippen molar-refractivity contribution in [2.75, 3.05) is 38.5 Å². The van der Waals surface area contributed by atoms with Crippen LogP contribution in [0.1, 0.15) is 74.8 Å². The maximum atomic E-state index is 15.4. The van der Waals surface area contributed by atoms with Gasteiger partial charge in [0.1, 0.15) is 23.6 Å². The number of nitrogens with zero attached hydrogens (tertiary/aromatic N) is 4. The minimum atomic E-state index is -0.838. The van der Waals surface area contributed by atoms with Gasteiger partial charge in [-0.3, -0.25) is 23.9 Å². The Morgan fingerprint density at radius 1 is 0.977 bits per heavy atom. The molecule has 0 unspecified atom stereocenters. The molecule has 2 aromatic rings. The van der Waals surface area contributed by atoms with Crippen molar-refractivity contribution in [3.8, 4) is 0 Å². The third-order valence-electron chi connectivity index (χ3n) is 8.69. The van der Waals surface area contributed by atoms with Gasteiger partial charge >= 0.3 is 0 Å². The van der Waals surface area contributed by atoms with E-state index in [4.69, 9.17) is 0 Å². The lowest BCUT2D eigenvalue weighted by molar-refractivity contribution is -0.137. The minimum Gasteiger partial charge on any atom is -0.344 e. The highest BCUT2D eigenvalue weighted by Gasteiger charge is 2.32. The van der Waals surface area contributed by atoms with Gasteiger partial charge in [-0.15, -0.1) is 0 Å². The van der Waals surface area contributed by atoms with Crippen LogP contribution in [0.5, 0.6) is 0 Å². The molecule has 2 fully saturated rings. The fourth-order valence-electron chi connectivity index (χ4n) is 6.01. The van der Waals surface area contributed by atoms with Gasteiger partial charge < -0.3 is 25.8 Å². The highest BCUT2D eigenvalue weighted by Crippen LogP contribution is 2.27. The number of carbonyl (C=O) groups is 4. The van der Waals surface area contributed by atoms with Gasteiger partial charge in [0.2, 0.25) is 17.7 Å². The van der Waals surface area contributed by atoms with E-state index in [2.05, 4.69) is 25.9 Å². The summed E-state index contributed by atoms with van der Waals surface area (Å²) < 4.78 is 17.0. The van der Waals surface area contributed by atoms with Crippen molar-refractivity contribution in [1.82, 2.24) is 30.2 Å². The van der Waals surface area contributed by atoms with Crippen LogP contribution in [0.25, 0.3) is 0 Å². The molecule has 4 rings (SSSR count). The molecule has 1 aromatic heterocycles. The molecular weight excluding hydrogens is 565 g/mol. The Morgan fingerprint density at radius 3 is 2.32 bits per heavy atom. The topological polar surface area (TPSA) is 129 Å². The van der Waals surface area contributed by atoms with Crippen LogP contribution in [0.3, 0.4) is 0 Å². The van der Waals surface area contributed by atoms with E-state index in [9.17, 15) is 19.2 Å². The van der Waals surface area contributed by atoms with E-state index in [1.54, 1.807) is 34.8 Å². The number of benzene rings is 1. The molecule has 44 heavy (non-hydrogen) atoms. The first-order valence-electron chi connectivity index (χ1n) is 15.9. The van der Waals surface area contributed by atoms with Crippen LogP contribution in [-0.2, 0) is 27.3 Å². The summed E-state index contributed by atoms with van der Waals surface area (Å²) in [6.07, 6.45) is 7.55. The molecule has 2 heterocycles. The standard InChI is InChI=1S/C32H46FN7O4/c1-4-28(41)35-26(32(44)39-18-16-38(3)17-19-39)21-22-12-13-25(24(33)20-22)36-31(43)29(23-10-8-6-7-9-11-23)37-30(42)27-14-15-34-40(27)5-2/h12-15,20,23,26,29H,4-11,16-19,21H2,1-3H3,(H,35,41)(H,36,43)(H,37,42)/t26-,29+/m1/s1. The second-order valence-electron chi connectivity index (χ2n) is 11.8. The number of rotatable bonds is 11. The van der Waals surface area contributed by atoms with Gasteiger partial charge in [0.15, 0.2) is 0 Å². The smallest absolute Gasteiger partial charge is 0.270 e. The summed E-state index contributed by atoms with van der Waals surface area (Å²) in [4.78, 5) is 56.3. The van der Waals surface area contributed by atoms with Gasteiger partial charge in [0.05, 0.1) is 5.69 Å². The number of aryl methyl sites for hydroxylation is 1. The number of halogens is 1. The van der Waals surface area contributed by atoms with Crippen molar-refractivity contribution in [2.24, 2.45) is 5.92 Å². The van der Waals surface area contributed by atoms with Gasteiger partial charge in [-0.2, -0.15) is 5.10 Å². The first kappa shape index (κ1) is 33.1. The highest BCUT2D eigenvalue weighted by molar-refractivity contribution is 6.00. The van der Waals surface area contributed by atoms with Crippen LogP contribution in [0.4, 0.5) is 10.1 Å². The van der Waals surface area contributed by atoms with Crippen LogP contribution in [0.15, 0.2) is 30.5 Å². The molecule has 240 valence electrons. The predicted octanol–water partition coefficient (Wildman–Crippen LogP) is 2.96. The van der Waals surface area contributed by atoms with Crippen molar-refractivity contribution in [3.05, 3.63) is 47.5 Å². The number of amides is 4. The molecule has 1 aromatic carbocycles. The second kappa shape index (κ2) is 15.8. The van der Waals surface area contributed by atoms with Crippen LogP contribution < -0.4 is 16.0 Å². The second-order valence-corrected chi connectivity index (χ2v) is 11.8. The first-order chi connectivity index (χ1) is 21.2. The van der Waals surface area contributed by atoms with E-state index in [-0.39, 0.29) is 36.3 Å². The zero-order chi connectivity index (χ0) is 31.6. The molecule has 1 aliphatic carbocycles. The molecule has 2 aliphatic rings. The lowest BCUT2D eigenvalue weighted by atomic mass is 9.91. The Balaban J connectivity index is 1.48. The van der Waals surface area contributed by atoms with Crippen molar-refractivity contribution >= 4 is 29.3 Å². The average molecular weight is 612 g/mol. The quantitative estimate of drug-likeness (QED) is 0.335. The van der Waals surface area contributed by atoms with Crippen LogP contribution >= 0.6 is 0 Å². The Morgan fingerprint density at radius 2 is 1.68 bits per heavy atom. The van der Waals surface area contributed by atoms with E-state index in [1.165, 1.54) is 12.1 Å². The first-order valence-corrected chi connectivity index (χ1v) is 15.9. The maximum absolute atomic E-state index is 15.4. The number of anilines is 1. The Hall–Kier alpha value is -3.80. The highest BCUT2D eigenvalue weighted by atomic mass is 19.1. The summed E-state index contributed by atoms with van der Waals surface area (Å²) in [5, 5.41) is 12.6. The summed E-state index contributed by atoms with van der Waals surface area (Å²) >= 11 is 0. The lowest BCUT2D eigenvalue weighted by Crippen LogP contribution is -2.54. The van der Waals surface area contributed by atoms with Gasteiger partial charge in [0.25, 0.3) is 5.91 Å². The van der Waals surface area contributed by atoms with E-state index in [0.29, 0.717) is 30.9 Å². The fourth-order valence-corrected chi connectivity index (χ4v) is 6.01. The minimum absolute atomic E-state index is 0.00948. The zero-order valence-corrected chi connectivity index (χ0v) is 26.1. The number of piperazine rings is 1. The van der Waals surface area contributed by atoms with Crippen molar-refractivity contribution in [1.29, 1.82) is 0 Å². The molecule has 1 saturated carbocycles. The van der Waals surface area contributed by atoms with E-state index in [1.807, 2.05) is 14.0 Å². The maximum Gasteiger partial charge on any atom is 0.270 e. The number of hydrogen-bond acceptors (Lipinski definition) is 6. The average Bonchev–Trinajstić information content (AvgIpc) is 3.35. The number of hydrogen-bond donors (Lipinski definition) is 3. The van der Waals surface area contributed by atoms with Crippen molar-refractivity contribution in [3.63, 3.8) is 0 Å². The van der Waals surface area contributed by atoms with E-state index < -0.39 is 29.7 Å². The summed E-state index contributed by atoms with van der Waals surface area (Å²) in [5.74, 6) is -2.05. The molecule has 11 nitrogen and oxygen atoms in total. The van der Waals surface area contributed by atoms with E-state index in [0.717, 1.165) is 51.6 Å². The van der Waals surface area contributed by atoms with Gasteiger partial charge in [-0.1, -0.05) is 38.7 Å². The molecule has 0 spiro atoms. The van der Waals surface area contributed by atoms with Crippen molar-refractivity contribution < 1.29 is 23.6 Å². The number of nitrogens with one attached hydrogen (secondary N) is 3. The van der Waals surface area contributed by atoms with E-state index >= 15 is 4.39 Å². The number of aromatic nitrogens is 2. The molecule has 3 N–H and O–H groups in total. The molecule has 2 atom stereocenters.